The minimum absolute atomic E-state index is 0. The predicted molar refractivity (Wildman–Crippen MR) is 122 cm³/mol. The summed E-state index contributed by atoms with van der Waals surface area (Å²) in [5, 5.41) is 6.61. The van der Waals surface area contributed by atoms with Crippen LogP contribution in [0.1, 0.15) is 25.3 Å². The maximum atomic E-state index is 5.73. The van der Waals surface area contributed by atoms with Crippen molar-refractivity contribution in [2.45, 2.75) is 26.3 Å². The van der Waals surface area contributed by atoms with Gasteiger partial charge in [0, 0.05) is 32.2 Å². The zero-order chi connectivity index (χ0) is 19.3. The van der Waals surface area contributed by atoms with E-state index >= 15 is 0 Å². The SMILES string of the molecule is CCNC(=NCc1ccc(OC)c(OC)c1)NCCCOCC1CCOC1.I. The highest BCUT2D eigenvalue weighted by Crippen LogP contribution is 2.27. The zero-order valence-corrected chi connectivity index (χ0v) is 19.5. The molecule has 0 aliphatic carbocycles. The number of hydrogen-bond donors (Lipinski definition) is 2. The van der Waals surface area contributed by atoms with E-state index in [1.54, 1.807) is 14.2 Å². The number of nitrogens with zero attached hydrogens (tertiary/aromatic N) is 1. The summed E-state index contributed by atoms with van der Waals surface area (Å²) in [5.41, 5.74) is 1.06. The van der Waals surface area contributed by atoms with Crippen molar-refractivity contribution in [1.82, 2.24) is 10.6 Å². The van der Waals surface area contributed by atoms with Crippen LogP contribution in [0.3, 0.4) is 0 Å². The van der Waals surface area contributed by atoms with Crippen LogP contribution in [-0.2, 0) is 16.0 Å². The molecule has 1 atom stereocenters. The minimum atomic E-state index is 0. The molecule has 0 bridgehead atoms. The first-order valence-electron chi connectivity index (χ1n) is 9.65. The molecule has 2 N–H and O–H groups in total. The van der Waals surface area contributed by atoms with E-state index in [0.717, 1.165) is 69.6 Å². The molecule has 1 aromatic carbocycles. The molecule has 28 heavy (non-hydrogen) atoms. The summed E-state index contributed by atoms with van der Waals surface area (Å²) in [6, 6.07) is 5.85. The first-order chi connectivity index (χ1) is 13.3. The molecule has 2 rings (SSSR count). The highest BCUT2D eigenvalue weighted by molar-refractivity contribution is 14.0. The molecule has 0 saturated carbocycles. The van der Waals surface area contributed by atoms with Crippen LogP contribution in [0.4, 0.5) is 0 Å². The van der Waals surface area contributed by atoms with E-state index in [1.165, 1.54) is 0 Å². The van der Waals surface area contributed by atoms with Gasteiger partial charge in [-0.15, -0.1) is 24.0 Å². The Morgan fingerprint density at radius 2 is 2.04 bits per heavy atom. The first kappa shape index (κ1) is 24.8. The van der Waals surface area contributed by atoms with Crippen LogP contribution in [0.15, 0.2) is 23.2 Å². The molecule has 0 radical (unpaired) electrons. The molecule has 1 aliphatic heterocycles. The van der Waals surface area contributed by atoms with Crippen molar-refractivity contribution in [2.75, 3.05) is 53.7 Å². The summed E-state index contributed by atoms with van der Waals surface area (Å²) in [6.07, 6.45) is 2.06. The minimum Gasteiger partial charge on any atom is -0.493 e. The third-order valence-electron chi connectivity index (χ3n) is 4.35. The van der Waals surface area contributed by atoms with E-state index in [1.807, 2.05) is 18.2 Å². The number of rotatable bonds is 11. The molecule has 1 heterocycles. The van der Waals surface area contributed by atoms with Gasteiger partial charge < -0.3 is 29.6 Å². The van der Waals surface area contributed by atoms with Crippen LogP contribution in [0, 0.1) is 5.92 Å². The molecule has 1 unspecified atom stereocenters. The van der Waals surface area contributed by atoms with Crippen LogP contribution < -0.4 is 20.1 Å². The monoisotopic (exact) mass is 507 g/mol. The summed E-state index contributed by atoms with van der Waals surface area (Å²) < 4.78 is 21.7. The third-order valence-corrected chi connectivity index (χ3v) is 4.35. The topological polar surface area (TPSA) is 73.3 Å². The zero-order valence-electron chi connectivity index (χ0n) is 17.2. The van der Waals surface area contributed by atoms with E-state index in [4.69, 9.17) is 18.9 Å². The van der Waals surface area contributed by atoms with Gasteiger partial charge in [0.2, 0.25) is 0 Å². The number of nitrogens with one attached hydrogen (secondary N) is 2. The van der Waals surface area contributed by atoms with E-state index in [9.17, 15) is 0 Å². The van der Waals surface area contributed by atoms with E-state index in [0.29, 0.717) is 18.2 Å². The van der Waals surface area contributed by atoms with Crippen molar-refractivity contribution in [1.29, 1.82) is 0 Å². The lowest BCUT2D eigenvalue weighted by Crippen LogP contribution is -2.38. The molecule has 1 saturated heterocycles. The van der Waals surface area contributed by atoms with Gasteiger partial charge in [0.1, 0.15) is 0 Å². The molecule has 160 valence electrons. The quantitative estimate of drug-likeness (QED) is 0.208. The second kappa shape index (κ2) is 14.7. The van der Waals surface area contributed by atoms with Crippen molar-refractivity contribution in [3.05, 3.63) is 23.8 Å². The second-order valence-electron chi connectivity index (χ2n) is 6.47. The van der Waals surface area contributed by atoms with Crippen LogP contribution in [-0.4, -0.2) is 59.7 Å². The molecular weight excluding hydrogens is 473 g/mol. The number of benzene rings is 1. The van der Waals surface area contributed by atoms with Crippen molar-refractivity contribution in [3.8, 4) is 11.5 Å². The molecule has 1 aliphatic rings. The Bertz CT molecular complexity index is 581. The maximum absolute atomic E-state index is 5.73. The second-order valence-corrected chi connectivity index (χ2v) is 6.47. The number of guanidine groups is 1. The Labute approximate surface area is 185 Å². The lowest BCUT2D eigenvalue weighted by Gasteiger charge is -2.13. The van der Waals surface area contributed by atoms with E-state index in [-0.39, 0.29) is 24.0 Å². The van der Waals surface area contributed by atoms with Gasteiger partial charge in [-0.25, -0.2) is 4.99 Å². The van der Waals surface area contributed by atoms with Gasteiger partial charge in [-0.3, -0.25) is 0 Å². The molecule has 1 aromatic rings. The van der Waals surface area contributed by atoms with E-state index < -0.39 is 0 Å². The van der Waals surface area contributed by atoms with Crippen LogP contribution >= 0.6 is 24.0 Å². The highest BCUT2D eigenvalue weighted by Gasteiger charge is 2.15. The number of halogens is 1. The highest BCUT2D eigenvalue weighted by atomic mass is 127. The molecule has 0 spiro atoms. The molecular formula is C20H34IN3O4. The fourth-order valence-electron chi connectivity index (χ4n) is 2.84. The smallest absolute Gasteiger partial charge is 0.191 e. The van der Waals surface area contributed by atoms with Gasteiger partial charge in [0.15, 0.2) is 17.5 Å². The number of aliphatic imine (C=N–C) groups is 1. The Kier molecular flexibility index (Phi) is 13.0. The van der Waals surface area contributed by atoms with Crippen LogP contribution in [0.2, 0.25) is 0 Å². The van der Waals surface area contributed by atoms with Crippen molar-refractivity contribution < 1.29 is 18.9 Å². The van der Waals surface area contributed by atoms with Gasteiger partial charge in [-0.05, 0) is 37.5 Å². The largest absolute Gasteiger partial charge is 0.493 e. The first-order valence-corrected chi connectivity index (χ1v) is 9.65. The summed E-state index contributed by atoms with van der Waals surface area (Å²) in [6.45, 7) is 7.51. The molecule has 7 nitrogen and oxygen atoms in total. The average molecular weight is 507 g/mol. The standard InChI is InChI=1S/C20H33N3O4.HI/c1-4-21-20(22-9-5-10-26-14-17-8-11-27-15-17)23-13-16-6-7-18(24-2)19(12-16)25-3;/h6-7,12,17H,4-5,8-11,13-15H2,1-3H3,(H2,21,22,23);1H. The Hall–Kier alpha value is -1.26. The fourth-order valence-corrected chi connectivity index (χ4v) is 2.84. The van der Waals surface area contributed by atoms with Gasteiger partial charge in [0.25, 0.3) is 0 Å². The van der Waals surface area contributed by atoms with Crippen molar-refractivity contribution >= 4 is 29.9 Å². The molecule has 0 aromatic heterocycles. The van der Waals surface area contributed by atoms with E-state index in [2.05, 4.69) is 22.5 Å². The van der Waals surface area contributed by atoms with Gasteiger partial charge in [-0.1, -0.05) is 6.07 Å². The lowest BCUT2D eigenvalue weighted by atomic mass is 10.1. The molecule has 8 heteroatoms. The Morgan fingerprint density at radius 3 is 2.71 bits per heavy atom. The third kappa shape index (κ3) is 8.83. The Balaban J connectivity index is 0.00000392. The predicted octanol–water partition coefficient (Wildman–Crippen LogP) is 2.82. The number of methoxy groups -OCH3 is 2. The summed E-state index contributed by atoms with van der Waals surface area (Å²) in [5.74, 6) is 2.81. The summed E-state index contributed by atoms with van der Waals surface area (Å²) in [4.78, 5) is 4.64. The van der Waals surface area contributed by atoms with Crippen LogP contribution in [0.25, 0.3) is 0 Å². The summed E-state index contributed by atoms with van der Waals surface area (Å²) in [7, 11) is 3.27. The van der Waals surface area contributed by atoms with Crippen molar-refractivity contribution in [2.24, 2.45) is 10.9 Å². The lowest BCUT2D eigenvalue weighted by molar-refractivity contribution is 0.0888. The van der Waals surface area contributed by atoms with Crippen molar-refractivity contribution in [3.63, 3.8) is 0 Å². The number of ether oxygens (including phenoxy) is 4. The number of hydrogen-bond acceptors (Lipinski definition) is 5. The van der Waals surface area contributed by atoms with Gasteiger partial charge >= 0.3 is 0 Å². The maximum Gasteiger partial charge on any atom is 0.191 e. The van der Waals surface area contributed by atoms with Gasteiger partial charge in [-0.2, -0.15) is 0 Å². The molecule has 1 fully saturated rings. The summed E-state index contributed by atoms with van der Waals surface area (Å²) >= 11 is 0. The molecule has 0 amide bonds. The Morgan fingerprint density at radius 1 is 1.21 bits per heavy atom. The normalized spacial score (nSPS) is 16.4. The fraction of sp³-hybridized carbons (Fsp3) is 0.650. The van der Waals surface area contributed by atoms with Crippen LogP contribution in [0.5, 0.6) is 11.5 Å². The average Bonchev–Trinajstić information content (AvgIpc) is 3.21. The van der Waals surface area contributed by atoms with Gasteiger partial charge in [0.05, 0.1) is 34.0 Å².